The van der Waals surface area contributed by atoms with E-state index in [2.05, 4.69) is 0 Å². The number of hydrogen-bond acceptors (Lipinski definition) is 11. The van der Waals surface area contributed by atoms with Crippen LogP contribution in [-0.2, 0) is 19.1 Å². The summed E-state index contributed by atoms with van der Waals surface area (Å²) >= 11 is 1.07. The molecule has 11 nitrogen and oxygen atoms in total. The Morgan fingerprint density at radius 3 is 2.20 bits per heavy atom. The first-order chi connectivity index (χ1) is 19.4. The highest BCUT2D eigenvalue weighted by atomic mass is 32.1. The number of ether oxygens (including phenoxy) is 6. The Bertz CT molecular complexity index is 1770. The van der Waals surface area contributed by atoms with Gasteiger partial charge in [0.05, 0.1) is 34.8 Å². The molecule has 0 amide bonds. The van der Waals surface area contributed by atoms with Crippen molar-refractivity contribution in [2.45, 2.75) is 19.8 Å². The smallest absolute Gasteiger partial charge is 0.338 e. The highest BCUT2D eigenvalue weighted by molar-refractivity contribution is 7.07. The van der Waals surface area contributed by atoms with Gasteiger partial charge in [0.25, 0.3) is 5.56 Å². The molecule has 0 fully saturated rings. The van der Waals surface area contributed by atoms with Gasteiger partial charge in [0.2, 0.25) is 13.6 Å². The highest BCUT2D eigenvalue weighted by Gasteiger charge is 2.40. The van der Waals surface area contributed by atoms with E-state index in [1.54, 1.807) is 56.3 Å². The standard InChI is InChI=1S/C28H24N2O9S/c1-3-34-27(32)22-21(15-6-8-17-19(11-15)39-13-37-17)23(28(33)35-4-2)26-30(24(22)29)25(31)20(40-26)10-14-5-7-16-18(9-14)38-12-36-16/h5-11,21H,3-4,12-13,29H2,1-2H3/b20-10+. The first kappa shape index (κ1) is 25.6. The Balaban J connectivity index is 1.63. The molecule has 0 radical (unpaired) electrons. The van der Waals surface area contributed by atoms with E-state index in [4.69, 9.17) is 34.2 Å². The van der Waals surface area contributed by atoms with Crippen LogP contribution >= 0.6 is 11.3 Å². The zero-order valence-electron chi connectivity index (χ0n) is 21.6. The maximum Gasteiger partial charge on any atom is 0.338 e. The molecule has 0 spiro atoms. The van der Waals surface area contributed by atoms with E-state index >= 15 is 0 Å². The number of hydrogen-bond donors (Lipinski definition) is 1. The van der Waals surface area contributed by atoms with E-state index in [0.717, 1.165) is 11.3 Å². The number of nitrogens with zero attached hydrogens (tertiary/aromatic N) is 1. The molecule has 0 aliphatic carbocycles. The number of nitrogens with two attached hydrogens (primary N) is 1. The van der Waals surface area contributed by atoms with Crippen LogP contribution in [0.25, 0.3) is 17.5 Å². The topological polar surface area (TPSA) is 138 Å². The maximum atomic E-state index is 13.7. The molecule has 3 aromatic rings. The lowest BCUT2D eigenvalue weighted by Crippen LogP contribution is -2.42. The number of rotatable bonds is 6. The van der Waals surface area contributed by atoms with Crippen LogP contribution in [0.4, 0.5) is 0 Å². The molecular weight excluding hydrogens is 540 g/mol. The van der Waals surface area contributed by atoms with Gasteiger partial charge in [-0.15, -0.1) is 11.3 Å². The fraction of sp³-hybridized carbons (Fsp3) is 0.250. The van der Waals surface area contributed by atoms with Crippen molar-refractivity contribution in [2.75, 3.05) is 26.8 Å². The van der Waals surface area contributed by atoms with Gasteiger partial charge in [0, 0.05) is 0 Å². The van der Waals surface area contributed by atoms with E-state index in [9.17, 15) is 14.4 Å². The van der Waals surface area contributed by atoms with Crippen LogP contribution in [0.3, 0.4) is 0 Å². The average molecular weight is 565 g/mol. The van der Waals surface area contributed by atoms with Gasteiger partial charge in [0.15, 0.2) is 23.0 Å². The Hall–Kier alpha value is -4.71. The van der Waals surface area contributed by atoms with E-state index in [1.807, 2.05) is 0 Å². The number of fused-ring (bicyclic) bond motifs is 3. The van der Waals surface area contributed by atoms with E-state index in [1.165, 1.54) is 4.57 Å². The van der Waals surface area contributed by atoms with Gasteiger partial charge in [-0.3, -0.25) is 9.36 Å². The number of esters is 2. The van der Waals surface area contributed by atoms with Gasteiger partial charge in [-0.05, 0) is 55.3 Å². The maximum absolute atomic E-state index is 13.7. The first-order valence-electron chi connectivity index (χ1n) is 12.5. The van der Waals surface area contributed by atoms with E-state index < -0.39 is 23.4 Å². The summed E-state index contributed by atoms with van der Waals surface area (Å²) in [5, 5.41) is 0. The highest BCUT2D eigenvalue weighted by Crippen LogP contribution is 2.42. The van der Waals surface area contributed by atoms with Gasteiger partial charge in [-0.1, -0.05) is 12.1 Å². The normalized spacial score (nSPS) is 17.2. The molecule has 0 saturated carbocycles. The summed E-state index contributed by atoms with van der Waals surface area (Å²) < 4.78 is 34.3. The summed E-state index contributed by atoms with van der Waals surface area (Å²) in [5.74, 6) is -0.427. The molecule has 3 aliphatic heterocycles. The minimum Gasteiger partial charge on any atom is -0.463 e. The Kier molecular flexibility index (Phi) is 6.46. The third kappa shape index (κ3) is 4.16. The molecule has 4 heterocycles. The molecule has 1 unspecified atom stereocenters. The lowest BCUT2D eigenvalue weighted by molar-refractivity contribution is -0.138. The van der Waals surface area contributed by atoms with Crippen molar-refractivity contribution in [3.05, 3.63) is 72.6 Å². The molecule has 12 heteroatoms. The molecule has 40 heavy (non-hydrogen) atoms. The lowest BCUT2D eigenvalue weighted by Gasteiger charge is -2.27. The molecule has 1 atom stereocenters. The fourth-order valence-corrected chi connectivity index (χ4v) is 6.01. The van der Waals surface area contributed by atoms with Crippen molar-refractivity contribution in [3.63, 3.8) is 0 Å². The summed E-state index contributed by atoms with van der Waals surface area (Å²) in [6.45, 7) is 3.63. The van der Waals surface area contributed by atoms with Crippen LogP contribution < -0.4 is 39.4 Å². The second kappa shape index (κ2) is 10.1. The molecule has 0 saturated heterocycles. The molecule has 3 aliphatic rings. The van der Waals surface area contributed by atoms with Gasteiger partial charge in [-0.2, -0.15) is 0 Å². The van der Waals surface area contributed by atoms with Crippen molar-refractivity contribution >= 4 is 40.7 Å². The lowest BCUT2D eigenvalue weighted by atomic mass is 9.83. The third-order valence-electron chi connectivity index (χ3n) is 6.56. The van der Waals surface area contributed by atoms with E-state index in [-0.39, 0.29) is 53.0 Å². The second-order valence-electron chi connectivity index (χ2n) is 8.87. The Labute approximate surface area is 231 Å². The molecule has 2 N–H and O–H groups in total. The van der Waals surface area contributed by atoms with Crippen LogP contribution in [0.2, 0.25) is 0 Å². The van der Waals surface area contributed by atoms with Crippen LogP contribution in [0.5, 0.6) is 23.0 Å². The quantitative estimate of drug-likeness (QED) is 0.437. The largest absolute Gasteiger partial charge is 0.463 e. The molecular formula is C28H24N2O9S. The zero-order chi connectivity index (χ0) is 28.0. The van der Waals surface area contributed by atoms with Gasteiger partial charge in [-0.25, -0.2) is 9.59 Å². The third-order valence-corrected chi connectivity index (χ3v) is 7.67. The Morgan fingerprint density at radius 1 is 0.925 bits per heavy atom. The number of carbonyl (C=O) groups excluding carboxylic acids is 2. The average Bonchev–Trinajstić information content (AvgIpc) is 3.67. The van der Waals surface area contributed by atoms with Crippen LogP contribution in [0.15, 0.2) is 46.8 Å². The second-order valence-corrected chi connectivity index (χ2v) is 9.90. The summed E-state index contributed by atoms with van der Waals surface area (Å²) in [6, 6.07) is 10.4. The predicted octanol–water partition coefficient (Wildman–Crippen LogP) is 1.40. The molecule has 206 valence electrons. The van der Waals surface area contributed by atoms with Crippen molar-refractivity contribution in [2.24, 2.45) is 5.73 Å². The van der Waals surface area contributed by atoms with Crippen molar-refractivity contribution in [1.29, 1.82) is 0 Å². The number of thiazole rings is 1. The van der Waals surface area contributed by atoms with Crippen LogP contribution in [-0.4, -0.2) is 43.3 Å². The van der Waals surface area contributed by atoms with Gasteiger partial charge >= 0.3 is 11.9 Å². The summed E-state index contributed by atoms with van der Waals surface area (Å²) in [6.07, 6.45) is 1.66. The number of carbonyl (C=O) groups is 2. The van der Waals surface area contributed by atoms with Crippen molar-refractivity contribution in [1.82, 2.24) is 4.57 Å². The molecule has 6 rings (SSSR count). The number of aromatic nitrogens is 1. The molecule has 2 aromatic carbocycles. The van der Waals surface area contributed by atoms with Crippen molar-refractivity contribution in [3.8, 4) is 23.0 Å². The minimum absolute atomic E-state index is 0.0458. The SMILES string of the molecule is CCOC(=O)C1=C(N)n2c(s/c(=C/c3ccc4c(c3)OCO4)c2=O)=C(C(=O)OCC)C1c1ccc2c(c1)OCO2. The number of benzene rings is 2. The van der Waals surface area contributed by atoms with Crippen LogP contribution in [0, 0.1) is 0 Å². The fourth-order valence-electron chi connectivity index (χ4n) is 4.84. The minimum atomic E-state index is -0.996. The zero-order valence-corrected chi connectivity index (χ0v) is 22.4. The summed E-state index contributed by atoms with van der Waals surface area (Å²) in [7, 11) is 0. The molecule has 1 aromatic heterocycles. The van der Waals surface area contributed by atoms with Crippen molar-refractivity contribution < 1.29 is 38.0 Å². The summed E-state index contributed by atoms with van der Waals surface area (Å²) in [5.41, 5.74) is 7.30. The van der Waals surface area contributed by atoms with Gasteiger partial charge in [0.1, 0.15) is 10.5 Å². The molecule has 0 bridgehead atoms. The predicted molar refractivity (Wildman–Crippen MR) is 143 cm³/mol. The Morgan fingerprint density at radius 2 is 1.52 bits per heavy atom. The van der Waals surface area contributed by atoms with E-state index in [0.29, 0.717) is 34.1 Å². The first-order valence-corrected chi connectivity index (χ1v) is 13.3. The monoisotopic (exact) mass is 564 g/mol. The van der Waals surface area contributed by atoms with Gasteiger partial charge < -0.3 is 34.2 Å². The van der Waals surface area contributed by atoms with Crippen LogP contribution in [0.1, 0.15) is 30.9 Å². The summed E-state index contributed by atoms with van der Waals surface area (Å²) in [4.78, 5) is 40.6.